The highest BCUT2D eigenvalue weighted by molar-refractivity contribution is 5.94. The Morgan fingerprint density at radius 3 is 2.89 bits per heavy atom. The number of rotatable bonds is 2. The lowest BCUT2D eigenvalue weighted by molar-refractivity contribution is 0.0772. The molecule has 0 saturated carbocycles. The number of nitrogens with zero attached hydrogens (tertiary/aromatic N) is 3. The SMILES string of the molecule is CN(C)C1CCN(C(=O)c2nc3ccccc3[nH]2)C1. The minimum Gasteiger partial charge on any atom is -0.334 e. The third-order valence-corrected chi connectivity index (χ3v) is 3.77. The summed E-state index contributed by atoms with van der Waals surface area (Å²) in [5.41, 5.74) is 1.75. The summed E-state index contributed by atoms with van der Waals surface area (Å²) in [5.74, 6) is 0.446. The van der Waals surface area contributed by atoms with Crippen molar-refractivity contribution >= 4 is 16.9 Å². The summed E-state index contributed by atoms with van der Waals surface area (Å²) < 4.78 is 0. The van der Waals surface area contributed by atoms with Gasteiger partial charge in [-0.2, -0.15) is 0 Å². The van der Waals surface area contributed by atoms with Crippen LogP contribution in [0.4, 0.5) is 0 Å². The fourth-order valence-electron chi connectivity index (χ4n) is 2.55. The van der Waals surface area contributed by atoms with E-state index in [4.69, 9.17) is 0 Å². The Bertz CT molecular complexity index is 571. The van der Waals surface area contributed by atoms with Crippen molar-refractivity contribution in [2.75, 3.05) is 27.2 Å². The van der Waals surface area contributed by atoms with E-state index in [-0.39, 0.29) is 5.91 Å². The second-order valence-electron chi connectivity index (χ2n) is 5.26. The number of H-pyrrole nitrogens is 1. The average molecular weight is 258 g/mol. The van der Waals surface area contributed by atoms with Crippen LogP contribution in [-0.2, 0) is 0 Å². The lowest BCUT2D eigenvalue weighted by atomic mass is 10.2. The molecule has 1 aliphatic heterocycles. The summed E-state index contributed by atoms with van der Waals surface area (Å²) in [7, 11) is 4.11. The van der Waals surface area contributed by atoms with E-state index in [2.05, 4.69) is 29.0 Å². The quantitative estimate of drug-likeness (QED) is 0.884. The molecule has 2 heterocycles. The predicted molar refractivity (Wildman–Crippen MR) is 74.1 cm³/mol. The highest BCUT2D eigenvalue weighted by Gasteiger charge is 2.29. The highest BCUT2D eigenvalue weighted by Crippen LogP contribution is 2.17. The van der Waals surface area contributed by atoms with Crippen LogP contribution in [0, 0.1) is 0 Å². The monoisotopic (exact) mass is 258 g/mol. The van der Waals surface area contributed by atoms with E-state index in [0.717, 1.165) is 30.5 Å². The van der Waals surface area contributed by atoms with Crippen molar-refractivity contribution in [3.05, 3.63) is 30.1 Å². The number of carbonyl (C=O) groups is 1. The molecule has 3 rings (SSSR count). The lowest BCUT2D eigenvalue weighted by Crippen LogP contribution is -2.34. The van der Waals surface area contributed by atoms with Crippen molar-refractivity contribution in [1.82, 2.24) is 19.8 Å². The lowest BCUT2D eigenvalue weighted by Gasteiger charge is -2.19. The number of likely N-dealkylation sites (tertiary alicyclic amines) is 1. The normalized spacial score (nSPS) is 19.5. The molecular formula is C14H18N4O. The molecule has 1 aromatic carbocycles. The van der Waals surface area contributed by atoms with Gasteiger partial charge >= 0.3 is 0 Å². The van der Waals surface area contributed by atoms with E-state index in [1.165, 1.54) is 0 Å². The Morgan fingerprint density at radius 1 is 1.42 bits per heavy atom. The third-order valence-electron chi connectivity index (χ3n) is 3.77. The van der Waals surface area contributed by atoms with E-state index < -0.39 is 0 Å². The Kier molecular flexibility index (Phi) is 2.98. The van der Waals surface area contributed by atoms with Gasteiger partial charge in [0.1, 0.15) is 0 Å². The van der Waals surface area contributed by atoms with Crippen molar-refractivity contribution in [3.63, 3.8) is 0 Å². The molecule has 0 spiro atoms. The van der Waals surface area contributed by atoms with Gasteiger partial charge in [0.2, 0.25) is 0 Å². The van der Waals surface area contributed by atoms with E-state index in [0.29, 0.717) is 11.9 Å². The topological polar surface area (TPSA) is 52.2 Å². The van der Waals surface area contributed by atoms with Crippen LogP contribution in [0.25, 0.3) is 11.0 Å². The van der Waals surface area contributed by atoms with Gasteiger partial charge in [0.25, 0.3) is 5.91 Å². The van der Waals surface area contributed by atoms with Crippen LogP contribution in [0.3, 0.4) is 0 Å². The molecule has 1 atom stereocenters. The Labute approximate surface area is 112 Å². The highest BCUT2D eigenvalue weighted by atomic mass is 16.2. The molecule has 100 valence electrons. The molecule has 1 unspecified atom stereocenters. The number of amides is 1. The number of aromatic nitrogens is 2. The van der Waals surface area contributed by atoms with Gasteiger partial charge in [0.15, 0.2) is 5.82 Å². The summed E-state index contributed by atoms with van der Waals surface area (Å²) >= 11 is 0. The maximum Gasteiger partial charge on any atom is 0.289 e. The first kappa shape index (κ1) is 12.2. The van der Waals surface area contributed by atoms with Gasteiger partial charge in [0, 0.05) is 19.1 Å². The molecule has 1 aliphatic rings. The van der Waals surface area contributed by atoms with E-state index in [1.54, 1.807) is 0 Å². The molecule has 0 bridgehead atoms. The second kappa shape index (κ2) is 4.66. The van der Waals surface area contributed by atoms with Crippen LogP contribution in [0.5, 0.6) is 0 Å². The molecule has 2 aromatic rings. The number of aromatic amines is 1. The number of nitrogens with one attached hydrogen (secondary N) is 1. The van der Waals surface area contributed by atoms with Gasteiger partial charge in [-0.05, 0) is 32.6 Å². The smallest absolute Gasteiger partial charge is 0.289 e. The number of imidazole rings is 1. The number of fused-ring (bicyclic) bond motifs is 1. The predicted octanol–water partition coefficient (Wildman–Crippen LogP) is 1.34. The minimum atomic E-state index is 0.000509. The molecule has 0 radical (unpaired) electrons. The molecule has 1 amide bonds. The summed E-state index contributed by atoms with van der Waals surface area (Å²) in [6.07, 6.45) is 1.03. The van der Waals surface area contributed by atoms with Crippen LogP contribution >= 0.6 is 0 Å². The van der Waals surface area contributed by atoms with Gasteiger partial charge in [-0.15, -0.1) is 0 Å². The van der Waals surface area contributed by atoms with Crippen molar-refractivity contribution < 1.29 is 4.79 Å². The van der Waals surface area contributed by atoms with Crippen molar-refractivity contribution in [2.24, 2.45) is 0 Å². The van der Waals surface area contributed by atoms with Crippen molar-refractivity contribution in [1.29, 1.82) is 0 Å². The standard InChI is InChI=1S/C14H18N4O/c1-17(2)10-7-8-18(9-10)14(19)13-15-11-5-3-4-6-12(11)16-13/h3-6,10H,7-9H2,1-2H3,(H,15,16). The first-order chi connectivity index (χ1) is 9.15. The number of benzene rings is 1. The average Bonchev–Trinajstić information content (AvgIpc) is 3.04. The van der Waals surface area contributed by atoms with Crippen LogP contribution in [0.15, 0.2) is 24.3 Å². The molecular weight excluding hydrogens is 240 g/mol. The fourth-order valence-corrected chi connectivity index (χ4v) is 2.55. The zero-order valence-corrected chi connectivity index (χ0v) is 11.3. The van der Waals surface area contributed by atoms with Gasteiger partial charge in [0.05, 0.1) is 11.0 Å². The second-order valence-corrected chi connectivity index (χ2v) is 5.26. The maximum absolute atomic E-state index is 12.4. The zero-order valence-electron chi connectivity index (χ0n) is 11.3. The van der Waals surface area contributed by atoms with Gasteiger partial charge in [-0.3, -0.25) is 4.79 Å². The largest absolute Gasteiger partial charge is 0.334 e. The summed E-state index contributed by atoms with van der Waals surface area (Å²) in [4.78, 5) is 23.9. The van der Waals surface area contributed by atoms with Crippen LogP contribution in [0.2, 0.25) is 0 Å². The van der Waals surface area contributed by atoms with Crippen LogP contribution in [0.1, 0.15) is 17.0 Å². The number of likely N-dealkylation sites (N-methyl/N-ethyl adjacent to an activating group) is 1. The molecule has 1 saturated heterocycles. The van der Waals surface area contributed by atoms with Crippen LogP contribution in [-0.4, -0.2) is 58.9 Å². The molecule has 19 heavy (non-hydrogen) atoms. The van der Waals surface area contributed by atoms with Gasteiger partial charge in [-0.25, -0.2) is 4.98 Å². The van der Waals surface area contributed by atoms with E-state index >= 15 is 0 Å². The van der Waals surface area contributed by atoms with E-state index in [9.17, 15) is 4.79 Å². The third kappa shape index (κ3) is 2.21. The Morgan fingerprint density at radius 2 is 2.21 bits per heavy atom. The molecule has 1 fully saturated rings. The minimum absolute atomic E-state index is 0.000509. The van der Waals surface area contributed by atoms with Crippen LogP contribution < -0.4 is 0 Å². The molecule has 1 aromatic heterocycles. The van der Waals surface area contributed by atoms with E-state index in [1.807, 2.05) is 29.2 Å². The molecule has 1 N–H and O–H groups in total. The first-order valence-electron chi connectivity index (χ1n) is 6.55. The summed E-state index contributed by atoms with van der Waals surface area (Å²) in [6, 6.07) is 8.16. The first-order valence-corrected chi connectivity index (χ1v) is 6.55. The van der Waals surface area contributed by atoms with Crippen molar-refractivity contribution in [2.45, 2.75) is 12.5 Å². The number of hydrogen-bond donors (Lipinski definition) is 1. The van der Waals surface area contributed by atoms with Gasteiger partial charge < -0.3 is 14.8 Å². The fraction of sp³-hybridized carbons (Fsp3) is 0.429. The maximum atomic E-state index is 12.4. The molecule has 5 nitrogen and oxygen atoms in total. The van der Waals surface area contributed by atoms with Gasteiger partial charge in [-0.1, -0.05) is 12.1 Å². The number of hydrogen-bond acceptors (Lipinski definition) is 3. The number of carbonyl (C=O) groups excluding carboxylic acids is 1. The summed E-state index contributed by atoms with van der Waals surface area (Å²) in [5, 5.41) is 0. The zero-order chi connectivity index (χ0) is 13.4. The van der Waals surface area contributed by atoms with Crippen molar-refractivity contribution in [3.8, 4) is 0 Å². The molecule has 0 aliphatic carbocycles. The Balaban J connectivity index is 1.80. The summed E-state index contributed by atoms with van der Waals surface area (Å²) in [6.45, 7) is 1.58. The Hall–Kier alpha value is -1.88. The number of para-hydroxylation sites is 2. The molecule has 5 heteroatoms.